The largest absolute Gasteiger partial charge is 0.352 e. The normalized spacial score (nSPS) is 22.5. The molecular weight excluding hydrogens is 214 g/mol. The van der Waals surface area contributed by atoms with Crippen molar-refractivity contribution in [3.63, 3.8) is 0 Å². The van der Waals surface area contributed by atoms with Crippen LogP contribution in [0.5, 0.6) is 0 Å². The van der Waals surface area contributed by atoms with Gasteiger partial charge in [-0.2, -0.15) is 0 Å². The summed E-state index contributed by atoms with van der Waals surface area (Å²) in [6.45, 7) is 11.3. The molecule has 4 nitrogen and oxygen atoms in total. The molecule has 2 unspecified atom stereocenters. The van der Waals surface area contributed by atoms with E-state index in [0.717, 1.165) is 45.6 Å². The molecule has 1 fully saturated rings. The van der Waals surface area contributed by atoms with Crippen LogP contribution in [-0.2, 0) is 4.79 Å². The van der Waals surface area contributed by atoms with E-state index in [1.807, 2.05) is 0 Å². The first-order valence-electron chi connectivity index (χ1n) is 6.90. The Morgan fingerprint density at radius 3 is 2.71 bits per heavy atom. The van der Waals surface area contributed by atoms with E-state index < -0.39 is 0 Å². The molecule has 100 valence electrons. The van der Waals surface area contributed by atoms with E-state index in [4.69, 9.17) is 0 Å². The van der Waals surface area contributed by atoms with Crippen LogP contribution in [0.3, 0.4) is 0 Å². The van der Waals surface area contributed by atoms with E-state index in [-0.39, 0.29) is 17.9 Å². The molecule has 0 spiro atoms. The number of rotatable bonds is 6. The maximum atomic E-state index is 12.0. The third-order valence-electron chi connectivity index (χ3n) is 3.48. The summed E-state index contributed by atoms with van der Waals surface area (Å²) in [4.78, 5) is 14.3. The molecule has 0 aliphatic carbocycles. The fourth-order valence-corrected chi connectivity index (χ4v) is 2.35. The predicted molar refractivity (Wildman–Crippen MR) is 71.0 cm³/mol. The third-order valence-corrected chi connectivity index (χ3v) is 3.48. The van der Waals surface area contributed by atoms with Crippen LogP contribution in [0, 0.1) is 5.92 Å². The third kappa shape index (κ3) is 5.04. The number of nitrogens with one attached hydrogen (secondary N) is 2. The summed E-state index contributed by atoms with van der Waals surface area (Å²) >= 11 is 0. The van der Waals surface area contributed by atoms with Crippen molar-refractivity contribution in [1.82, 2.24) is 15.5 Å². The Balaban J connectivity index is 2.29. The maximum Gasteiger partial charge on any atom is 0.224 e. The zero-order valence-corrected chi connectivity index (χ0v) is 11.5. The van der Waals surface area contributed by atoms with E-state index in [9.17, 15) is 4.79 Å². The van der Waals surface area contributed by atoms with Gasteiger partial charge in [0.05, 0.1) is 5.92 Å². The lowest BCUT2D eigenvalue weighted by Crippen LogP contribution is -2.47. The van der Waals surface area contributed by atoms with Gasteiger partial charge in [0.2, 0.25) is 5.91 Å². The molecule has 1 heterocycles. The Labute approximate surface area is 105 Å². The minimum Gasteiger partial charge on any atom is -0.352 e. The second kappa shape index (κ2) is 7.67. The molecule has 1 rings (SSSR count). The molecule has 0 saturated carbocycles. The summed E-state index contributed by atoms with van der Waals surface area (Å²) in [5, 5.41) is 6.41. The van der Waals surface area contributed by atoms with Gasteiger partial charge in [-0.3, -0.25) is 4.79 Å². The fraction of sp³-hybridized carbons (Fsp3) is 0.923. The molecule has 2 N–H and O–H groups in total. The Kier molecular flexibility index (Phi) is 6.52. The summed E-state index contributed by atoms with van der Waals surface area (Å²) in [7, 11) is 0. The number of hydrogen-bond acceptors (Lipinski definition) is 3. The summed E-state index contributed by atoms with van der Waals surface area (Å²) < 4.78 is 0. The number of carbonyl (C=O) groups is 1. The van der Waals surface area contributed by atoms with E-state index >= 15 is 0 Å². The minimum atomic E-state index is 0.169. The van der Waals surface area contributed by atoms with E-state index in [1.165, 1.54) is 0 Å². The molecule has 2 atom stereocenters. The number of nitrogens with zero attached hydrogens (tertiary/aromatic N) is 1. The van der Waals surface area contributed by atoms with Crippen molar-refractivity contribution >= 4 is 5.91 Å². The van der Waals surface area contributed by atoms with E-state index in [0.29, 0.717) is 0 Å². The molecule has 4 heteroatoms. The van der Waals surface area contributed by atoms with Crippen LogP contribution >= 0.6 is 0 Å². The molecule has 0 aromatic carbocycles. The van der Waals surface area contributed by atoms with Crippen molar-refractivity contribution in [2.45, 2.75) is 39.7 Å². The first-order chi connectivity index (χ1) is 8.17. The van der Waals surface area contributed by atoms with Crippen LogP contribution < -0.4 is 10.6 Å². The maximum absolute atomic E-state index is 12.0. The first-order valence-corrected chi connectivity index (χ1v) is 6.90. The fourth-order valence-electron chi connectivity index (χ4n) is 2.35. The van der Waals surface area contributed by atoms with Crippen molar-refractivity contribution in [3.8, 4) is 0 Å². The summed E-state index contributed by atoms with van der Waals surface area (Å²) in [6.07, 6.45) is 2.14. The highest BCUT2D eigenvalue weighted by Crippen LogP contribution is 2.10. The molecule has 0 aromatic heterocycles. The second-order valence-electron chi connectivity index (χ2n) is 4.94. The lowest BCUT2D eigenvalue weighted by Gasteiger charge is -2.27. The van der Waals surface area contributed by atoms with Gasteiger partial charge in [-0.15, -0.1) is 0 Å². The van der Waals surface area contributed by atoms with Gasteiger partial charge >= 0.3 is 0 Å². The summed E-state index contributed by atoms with van der Waals surface area (Å²) in [5.74, 6) is 0.389. The van der Waals surface area contributed by atoms with Gasteiger partial charge < -0.3 is 15.5 Å². The second-order valence-corrected chi connectivity index (χ2v) is 4.94. The van der Waals surface area contributed by atoms with Crippen LogP contribution in [0.1, 0.15) is 33.6 Å². The minimum absolute atomic E-state index is 0.169. The number of piperidine rings is 1. The zero-order chi connectivity index (χ0) is 12.7. The lowest BCUT2D eigenvalue weighted by atomic mass is 9.98. The quantitative estimate of drug-likeness (QED) is 0.724. The van der Waals surface area contributed by atoms with Gasteiger partial charge in [0.15, 0.2) is 0 Å². The summed E-state index contributed by atoms with van der Waals surface area (Å²) in [5.41, 5.74) is 0. The Morgan fingerprint density at radius 1 is 1.47 bits per heavy atom. The van der Waals surface area contributed by atoms with Crippen LogP contribution in [0.15, 0.2) is 0 Å². The first kappa shape index (κ1) is 14.5. The lowest BCUT2D eigenvalue weighted by molar-refractivity contribution is -0.126. The molecular formula is C13H27N3O. The Hall–Kier alpha value is -0.610. The van der Waals surface area contributed by atoms with Crippen LogP contribution in [0.4, 0.5) is 0 Å². The summed E-state index contributed by atoms with van der Waals surface area (Å²) in [6, 6.07) is 0.240. The standard InChI is InChI=1S/C13H27N3O/c1-4-16(5-2)10-11(3)15-13(17)12-7-6-8-14-9-12/h11-12,14H,4-10H2,1-3H3,(H,15,17). The SMILES string of the molecule is CCN(CC)CC(C)NC(=O)C1CCCNC1. The average molecular weight is 241 g/mol. The molecule has 0 radical (unpaired) electrons. The van der Waals surface area contributed by atoms with Gasteiger partial charge in [0, 0.05) is 19.1 Å². The van der Waals surface area contributed by atoms with Crippen molar-refractivity contribution in [1.29, 1.82) is 0 Å². The van der Waals surface area contributed by atoms with E-state index in [1.54, 1.807) is 0 Å². The molecule has 1 saturated heterocycles. The van der Waals surface area contributed by atoms with Crippen molar-refractivity contribution in [2.24, 2.45) is 5.92 Å². The van der Waals surface area contributed by atoms with Crippen molar-refractivity contribution < 1.29 is 4.79 Å². The topological polar surface area (TPSA) is 44.4 Å². The number of hydrogen-bond donors (Lipinski definition) is 2. The molecule has 0 bridgehead atoms. The Morgan fingerprint density at radius 2 is 2.18 bits per heavy atom. The molecule has 1 aliphatic rings. The van der Waals surface area contributed by atoms with Crippen LogP contribution in [0.2, 0.25) is 0 Å². The average Bonchev–Trinajstić information content (AvgIpc) is 2.37. The molecule has 0 aromatic rings. The highest BCUT2D eigenvalue weighted by atomic mass is 16.2. The van der Waals surface area contributed by atoms with E-state index in [2.05, 4.69) is 36.3 Å². The molecule has 1 amide bonds. The number of likely N-dealkylation sites (N-methyl/N-ethyl adjacent to an activating group) is 1. The van der Waals surface area contributed by atoms with Gasteiger partial charge in [-0.05, 0) is 39.4 Å². The zero-order valence-electron chi connectivity index (χ0n) is 11.5. The Bertz CT molecular complexity index is 223. The van der Waals surface area contributed by atoms with Crippen LogP contribution in [0.25, 0.3) is 0 Å². The number of carbonyl (C=O) groups excluding carboxylic acids is 1. The van der Waals surface area contributed by atoms with Gasteiger partial charge in [0.25, 0.3) is 0 Å². The highest BCUT2D eigenvalue weighted by Gasteiger charge is 2.22. The van der Waals surface area contributed by atoms with Crippen LogP contribution in [-0.4, -0.2) is 49.6 Å². The van der Waals surface area contributed by atoms with Crippen molar-refractivity contribution in [3.05, 3.63) is 0 Å². The number of amides is 1. The van der Waals surface area contributed by atoms with Gasteiger partial charge in [0.1, 0.15) is 0 Å². The predicted octanol–water partition coefficient (Wildman–Crippen LogP) is 0.833. The highest BCUT2D eigenvalue weighted by molar-refractivity contribution is 5.79. The monoisotopic (exact) mass is 241 g/mol. The molecule has 17 heavy (non-hydrogen) atoms. The van der Waals surface area contributed by atoms with Gasteiger partial charge in [-0.25, -0.2) is 0 Å². The van der Waals surface area contributed by atoms with Gasteiger partial charge in [-0.1, -0.05) is 13.8 Å². The molecule has 1 aliphatic heterocycles. The smallest absolute Gasteiger partial charge is 0.224 e. The van der Waals surface area contributed by atoms with Crippen molar-refractivity contribution in [2.75, 3.05) is 32.7 Å².